The second-order valence-corrected chi connectivity index (χ2v) is 5.79. The van der Waals surface area contributed by atoms with Crippen molar-refractivity contribution in [2.75, 3.05) is 25.6 Å². The van der Waals surface area contributed by atoms with Gasteiger partial charge in [0.15, 0.2) is 0 Å². The third-order valence-electron chi connectivity index (χ3n) is 3.23. The van der Waals surface area contributed by atoms with Crippen LogP contribution in [0.5, 0.6) is 0 Å². The molecule has 0 aromatic carbocycles. The van der Waals surface area contributed by atoms with Gasteiger partial charge >= 0.3 is 0 Å². The molecule has 22 heavy (non-hydrogen) atoms. The molecule has 0 atom stereocenters. The van der Waals surface area contributed by atoms with Gasteiger partial charge in [-0.25, -0.2) is 0 Å². The number of carbonyl (C=O) groups is 2. The van der Waals surface area contributed by atoms with E-state index in [1.807, 2.05) is 12.1 Å². The zero-order valence-corrected chi connectivity index (χ0v) is 12.8. The summed E-state index contributed by atoms with van der Waals surface area (Å²) in [6.07, 6.45) is 3.57. The molecular weight excluding hydrogens is 302 g/mol. The van der Waals surface area contributed by atoms with Crippen LogP contribution in [0.4, 0.5) is 5.00 Å². The number of nitrogens with one attached hydrogen (secondary N) is 3. The van der Waals surface area contributed by atoms with Gasteiger partial charge in [-0.2, -0.15) is 0 Å². The Hall–Kier alpha value is -2.38. The van der Waals surface area contributed by atoms with Crippen molar-refractivity contribution in [3.8, 4) is 0 Å². The number of rotatable bonds is 5. The van der Waals surface area contributed by atoms with E-state index in [0.29, 0.717) is 28.6 Å². The van der Waals surface area contributed by atoms with Crippen LogP contribution in [0.1, 0.15) is 20.9 Å². The number of thiophene rings is 1. The summed E-state index contributed by atoms with van der Waals surface area (Å²) in [7, 11) is 1.58. The average molecular weight is 317 g/mol. The number of hydrogen-bond acceptors (Lipinski definition) is 4. The predicted octanol–water partition coefficient (Wildman–Crippen LogP) is 1.95. The van der Waals surface area contributed by atoms with E-state index in [1.165, 1.54) is 11.3 Å². The van der Waals surface area contributed by atoms with Gasteiger partial charge in [0, 0.05) is 31.1 Å². The van der Waals surface area contributed by atoms with E-state index < -0.39 is 0 Å². The molecule has 0 saturated carbocycles. The SMILES string of the molecule is COCCNC(=O)c1cc2c(s1)NC(=O)C2=Cc1ccc[nH]1. The van der Waals surface area contributed by atoms with Crippen LogP contribution in [0.3, 0.4) is 0 Å². The lowest BCUT2D eigenvalue weighted by molar-refractivity contribution is -0.110. The lowest BCUT2D eigenvalue weighted by atomic mass is 10.1. The summed E-state index contributed by atoms with van der Waals surface area (Å²) in [5.74, 6) is -0.313. The minimum absolute atomic E-state index is 0.151. The van der Waals surface area contributed by atoms with E-state index in [4.69, 9.17) is 4.74 Å². The number of H-pyrrole nitrogens is 1. The highest BCUT2D eigenvalue weighted by Gasteiger charge is 2.28. The number of ether oxygens (including phenoxy) is 1. The number of amides is 2. The second-order valence-electron chi connectivity index (χ2n) is 4.74. The van der Waals surface area contributed by atoms with Crippen molar-refractivity contribution in [3.63, 3.8) is 0 Å². The molecule has 1 aliphatic heterocycles. The lowest BCUT2D eigenvalue weighted by Gasteiger charge is -2.02. The van der Waals surface area contributed by atoms with Crippen LogP contribution < -0.4 is 10.6 Å². The molecule has 0 radical (unpaired) electrons. The maximum Gasteiger partial charge on any atom is 0.261 e. The quantitative estimate of drug-likeness (QED) is 0.582. The molecule has 2 amide bonds. The molecule has 6 nitrogen and oxygen atoms in total. The highest BCUT2D eigenvalue weighted by atomic mass is 32.1. The Kier molecular flexibility index (Phi) is 4.08. The van der Waals surface area contributed by atoms with Gasteiger partial charge in [-0.1, -0.05) is 0 Å². The van der Waals surface area contributed by atoms with E-state index >= 15 is 0 Å². The molecule has 0 aliphatic carbocycles. The molecule has 0 saturated heterocycles. The summed E-state index contributed by atoms with van der Waals surface area (Å²) < 4.78 is 4.90. The van der Waals surface area contributed by atoms with Crippen molar-refractivity contribution in [1.82, 2.24) is 10.3 Å². The Bertz CT molecular complexity index is 731. The highest BCUT2D eigenvalue weighted by Crippen LogP contribution is 2.39. The molecule has 2 aromatic rings. The van der Waals surface area contributed by atoms with Crippen LogP contribution in [0.15, 0.2) is 24.4 Å². The van der Waals surface area contributed by atoms with Gasteiger partial charge in [0.1, 0.15) is 5.00 Å². The molecule has 0 bridgehead atoms. The Morgan fingerprint density at radius 1 is 1.50 bits per heavy atom. The molecule has 2 aromatic heterocycles. The first kappa shape index (κ1) is 14.6. The fraction of sp³-hybridized carbons (Fsp3) is 0.200. The van der Waals surface area contributed by atoms with Crippen LogP contribution in [0, 0.1) is 0 Å². The largest absolute Gasteiger partial charge is 0.383 e. The van der Waals surface area contributed by atoms with Crippen LogP contribution in [0.25, 0.3) is 11.6 Å². The molecule has 3 N–H and O–H groups in total. The average Bonchev–Trinajstić information content (AvgIpc) is 3.18. The van der Waals surface area contributed by atoms with Gasteiger partial charge in [0.2, 0.25) is 0 Å². The Balaban J connectivity index is 1.83. The van der Waals surface area contributed by atoms with Crippen molar-refractivity contribution >= 4 is 39.8 Å². The van der Waals surface area contributed by atoms with E-state index in [9.17, 15) is 9.59 Å². The van der Waals surface area contributed by atoms with Crippen LogP contribution in [-0.4, -0.2) is 37.1 Å². The van der Waals surface area contributed by atoms with Gasteiger partial charge < -0.3 is 20.4 Å². The number of anilines is 1. The van der Waals surface area contributed by atoms with Gasteiger partial charge in [-0.3, -0.25) is 9.59 Å². The highest BCUT2D eigenvalue weighted by molar-refractivity contribution is 7.18. The summed E-state index contributed by atoms with van der Waals surface area (Å²) in [4.78, 5) is 27.6. The fourth-order valence-electron chi connectivity index (χ4n) is 2.18. The topological polar surface area (TPSA) is 83.2 Å². The van der Waals surface area contributed by atoms with Gasteiger partial charge in [0.05, 0.1) is 17.1 Å². The fourth-order valence-corrected chi connectivity index (χ4v) is 3.16. The van der Waals surface area contributed by atoms with Gasteiger partial charge in [-0.05, 0) is 24.3 Å². The minimum atomic E-state index is -0.162. The Morgan fingerprint density at radius 3 is 3.09 bits per heavy atom. The monoisotopic (exact) mass is 317 g/mol. The maximum atomic E-state index is 12.0. The van der Waals surface area contributed by atoms with Crippen molar-refractivity contribution in [2.45, 2.75) is 0 Å². The smallest absolute Gasteiger partial charge is 0.261 e. The molecule has 0 unspecified atom stereocenters. The Morgan fingerprint density at radius 2 is 2.36 bits per heavy atom. The van der Waals surface area contributed by atoms with Gasteiger partial charge in [-0.15, -0.1) is 11.3 Å². The zero-order chi connectivity index (χ0) is 15.5. The number of carbonyl (C=O) groups excluding carboxylic acids is 2. The predicted molar refractivity (Wildman–Crippen MR) is 85.8 cm³/mol. The summed E-state index contributed by atoms with van der Waals surface area (Å²) in [5.41, 5.74) is 2.17. The van der Waals surface area contributed by atoms with Crippen molar-refractivity contribution in [1.29, 1.82) is 0 Å². The van der Waals surface area contributed by atoms with Gasteiger partial charge in [0.25, 0.3) is 11.8 Å². The summed E-state index contributed by atoms with van der Waals surface area (Å²) in [6, 6.07) is 5.49. The Labute approximate surface area is 131 Å². The van der Waals surface area contributed by atoms with Crippen molar-refractivity contribution < 1.29 is 14.3 Å². The standard InChI is InChI=1S/C15H15N3O3S/c1-21-6-5-17-14(20)12-8-11-10(7-9-3-2-4-16-9)13(19)18-15(11)22-12/h2-4,7-8,16H,5-6H2,1H3,(H,17,20)(H,18,19). The minimum Gasteiger partial charge on any atom is -0.383 e. The number of methoxy groups -OCH3 is 1. The second kappa shape index (κ2) is 6.17. The van der Waals surface area contributed by atoms with Crippen LogP contribution >= 0.6 is 11.3 Å². The number of aromatic nitrogens is 1. The van der Waals surface area contributed by atoms with E-state index in [0.717, 1.165) is 11.3 Å². The third kappa shape index (κ3) is 2.81. The molecule has 3 rings (SSSR count). The summed E-state index contributed by atoms with van der Waals surface area (Å²) in [5, 5.41) is 6.27. The van der Waals surface area contributed by atoms with E-state index in [-0.39, 0.29) is 11.8 Å². The summed E-state index contributed by atoms with van der Waals surface area (Å²) >= 11 is 1.27. The molecule has 7 heteroatoms. The number of fused-ring (bicyclic) bond motifs is 1. The molecular formula is C15H15N3O3S. The van der Waals surface area contributed by atoms with Crippen LogP contribution in [-0.2, 0) is 9.53 Å². The molecule has 114 valence electrons. The van der Waals surface area contributed by atoms with Crippen molar-refractivity contribution in [2.24, 2.45) is 0 Å². The first-order valence-corrected chi connectivity index (χ1v) is 7.58. The molecule has 0 fully saturated rings. The molecule has 3 heterocycles. The normalized spacial score (nSPS) is 15.0. The van der Waals surface area contributed by atoms with Crippen LogP contribution in [0.2, 0.25) is 0 Å². The number of hydrogen-bond donors (Lipinski definition) is 3. The van der Waals surface area contributed by atoms with E-state index in [1.54, 1.807) is 25.4 Å². The molecule has 0 spiro atoms. The first-order chi connectivity index (χ1) is 10.7. The van der Waals surface area contributed by atoms with E-state index in [2.05, 4.69) is 15.6 Å². The molecule has 1 aliphatic rings. The zero-order valence-electron chi connectivity index (χ0n) is 11.9. The lowest BCUT2D eigenvalue weighted by Crippen LogP contribution is -2.26. The maximum absolute atomic E-state index is 12.0. The first-order valence-electron chi connectivity index (χ1n) is 6.77. The summed E-state index contributed by atoms with van der Waals surface area (Å²) in [6.45, 7) is 0.918. The number of aromatic amines is 1. The third-order valence-corrected chi connectivity index (χ3v) is 4.28. The van der Waals surface area contributed by atoms with Crippen molar-refractivity contribution in [3.05, 3.63) is 40.5 Å².